The van der Waals surface area contributed by atoms with Gasteiger partial charge in [-0.3, -0.25) is 0 Å². The van der Waals surface area contributed by atoms with Crippen LogP contribution >= 0.6 is 11.3 Å². The Kier molecular flexibility index (Phi) is 5.75. The summed E-state index contributed by atoms with van der Waals surface area (Å²) in [4.78, 5) is 2.44. The van der Waals surface area contributed by atoms with Gasteiger partial charge in [0.05, 0.1) is 10.4 Å². The van der Waals surface area contributed by atoms with Crippen LogP contribution in [0.5, 0.6) is 0 Å². The van der Waals surface area contributed by atoms with Gasteiger partial charge in [0, 0.05) is 26.8 Å². The molecule has 0 aliphatic heterocycles. The molecule has 0 bridgehead atoms. The average molecular weight is 578 g/mol. The van der Waals surface area contributed by atoms with E-state index >= 15 is 0 Å². The fraction of sp³-hybridized carbons (Fsp3) is 0. The van der Waals surface area contributed by atoms with Gasteiger partial charge in [-0.1, -0.05) is 127 Å². The Bertz CT molecular complexity index is 2490. The van der Waals surface area contributed by atoms with Crippen molar-refractivity contribution in [2.24, 2.45) is 0 Å². The molecular formula is C42H27NS. The maximum absolute atomic E-state index is 2.44. The minimum absolute atomic E-state index is 1.14. The molecule has 206 valence electrons. The summed E-state index contributed by atoms with van der Waals surface area (Å²) < 4.78 is 2.61. The van der Waals surface area contributed by atoms with Crippen molar-refractivity contribution in [3.63, 3.8) is 0 Å². The second kappa shape index (κ2) is 10.1. The molecule has 0 unspecified atom stereocenters. The number of nitrogens with zero attached hydrogens (tertiary/aromatic N) is 1. The highest BCUT2D eigenvalue weighted by Crippen LogP contribution is 2.46. The van der Waals surface area contributed by atoms with Gasteiger partial charge in [-0.05, 0) is 79.8 Å². The van der Waals surface area contributed by atoms with Gasteiger partial charge in [0.1, 0.15) is 0 Å². The van der Waals surface area contributed by atoms with Crippen LogP contribution in [0.4, 0.5) is 17.1 Å². The van der Waals surface area contributed by atoms with Crippen LogP contribution in [0.3, 0.4) is 0 Å². The molecule has 9 aromatic rings. The fourth-order valence-corrected chi connectivity index (χ4v) is 7.92. The molecule has 9 rings (SSSR count). The SMILES string of the molecule is c1ccc(-c2ccc(N(c3ccc4ccc5c6ccccc6ccc5c4c3)c3cccc4c3sc3ccccc34)cc2)cc1. The molecule has 0 atom stereocenters. The Hall–Kier alpha value is -5.44. The van der Waals surface area contributed by atoms with E-state index in [1.54, 1.807) is 0 Å². The van der Waals surface area contributed by atoms with Crippen LogP contribution in [-0.2, 0) is 0 Å². The van der Waals surface area contributed by atoms with Gasteiger partial charge >= 0.3 is 0 Å². The van der Waals surface area contributed by atoms with E-state index in [1.165, 1.54) is 69.3 Å². The number of fused-ring (bicyclic) bond motifs is 8. The van der Waals surface area contributed by atoms with E-state index in [2.05, 4.69) is 169 Å². The Balaban J connectivity index is 1.29. The van der Waals surface area contributed by atoms with E-state index in [0.717, 1.165) is 11.4 Å². The molecule has 0 saturated carbocycles. The fourth-order valence-electron chi connectivity index (χ4n) is 6.71. The number of rotatable bonds is 4. The van der Waals surface area contributed by atoms with Gasteiger partial charge in [-0.25, -0.2) is 0 Å². The highest BCUT2D eigenvalue weighted by molar-refractivity contribution is 7.26. The minimum Gasteiger partial charge on any atom is -0.309 e. The average Bonchev–Trinajstić information content (AvgIpc) is 3.48. The molecule has 0 saturated heterocycles. The normalized spacial score (nSPS) is 11.6. The molecule has 0 N–H and O–H groups in total. The molecule has 0 aliphatic rings. The van der Waals surface area contributed by atoms with E-state index in [-0.39, 0.29) is 0 Å². The van der Waals surface area contributed by atoms with Crippen LogP contribution in [-0.4, -0.2) is 0 Å². The summed E-state index contributed by atoms with van der Waals surface area (Å²) in [6.45, 7) is 0. The van der Waals surface area contributed by atoms with Gasteiger partial charge in [-0.15, -0.1) is 11.3 Å². The van der Waals surface area contributed by atoms with Crippen LogP contribution in [0.2, 0.25) is 0 Å². The molecule has 1 heterocycles. The Morgan fingerprint density at radius 1 is 0.364 bits per heavy atom. The number of thiophene rings is 1. The van der Waals surface area contributed by atoms with Gasteiger partial charge < -0.3 is 4.90 Å². The van der Waals surface area contributed by atoms with E-state index in [0.29, 0.717) is 0 Å². The molecule has 0 aliphatic carbocycles. The maximum Gasteiger partial charge on any atom is 0.0640 e. The standard InChI is InChI=1S/C42H27NS/c1-2-9-28(10-3-1)29-17-22-32(23-18-29)43(40-15-8-14-38-37-13-6-7-16-41(37)44-42(38)40)33-24-19-31-21-25-35-34-12-5-4-11-30(34)20-26-36(35)39(31)27-33/h1-27H. The third-order valence-corrected chi connectivity index (χ3v) is 10.1. The van der Waals surface area contributed by atoms with Crippen molar-refractivity contribution < 1.29 is 0 Å². The zero-order chi connectivity index (χ0) is 29.0. The monoisotopic (exact) mass is 577 g/mol. The number of benzene rings is 8. The Labute approximate surface area is 259 Å². The second-order valence-electron chi connectivity index (χ2n) is 11.4. The van der Waals surface area contributed by atoms with Crippen LogP contribution in [0.1, 0.15) is 0 Å². The predicted molar refractivity (Wildman–Crippen MR) is 192 cm³/mol. The summed E-state index contributed by atoms with van der Waals surface area (Å²) in [6.07, 6.45) is 0. The molecule has 0 fully saturated rings. The Morgan fingerprint density at radius 3 is 1.82 bits per heavy atom. The number of hydrogen-bond acceptors (Lipinski definition) is 2. The topological polar surface area (TPSA) is 3.24 Å². The summed E-state index contributed by atoms with van der Waals surface area (Å²) >= 11 is 1.87. The molecule has 8 aromatic carbocycles. The predicted octanol–water partition coefficient (Wildman–Crippen LogP) is 12.7. The molecule has 44 heavy (non-hydrogen) atoms. The molecule has 0 radical (unpaired) electrons. The van der Waals surface area contributed by atoms with E-state index in [9.17, 15) is 0 Å². The lowest BCUT2D eigenvalue weighted by atomic mass is 9.96. The largest absolute Gasteiger partial charge is 0.309 e. The summed E-state index contributed by atoms with van der Waals surface area (Å²) in [5.74, 6) is 0. The Morgan fingerprint density at radius 2 is 0.977 bits per heavy atom. The molecule has 0 amide bonds. The first kappa shape index (κ1) is 25.1. The van der Waals surface area contributed by atoms with Crippen LogP contribution in [0, 0.1) is 0 Å². The van der Waals surface area contributed by atoms with E-state index in [4.69, 9.17) is 0 Å². The highest BCUT2D eigenvalue weighted by atomic mass is 32.1. The van der Waals surface area contributed by atoms with Crippen molar-refractivity contribution in [3.8, 4) is 11.1 Å². The van der Waals surface area contributed by atoms with Gasteiger partial charge in [0.2, 0.25) is 0 Å². The lowest BCUT2D eigenvalue weighted by Crippen LogP contribution is -2.10. The number of hydrogen-bond donors (Lipinski definition) is 0. The third-order valence-electron chi connectivity index (χ3n) is 8.84. The van der Waals surface area contributed by atoms with Gasteiger partial charge in [0.15, 0.2) is 0 Å². The highest BCUT2D eigenvalue weighted by Gasteiger charge is 2.19. The van der Waals surface area contributed by atoms with Crippen molar-refractivity contribution in [3.05, 3.63) is 164 Å². The first-order chi connectivity index (χ1) is 21.8. The van der Waals surface area contributed by atoms with Gasteiger partial charge in [0.25, 0.3) is 0 Å². The lowest BCUT2D eigenvalue weighted by molar-refractivity contribution is 1.31. The van der Waals surface area contributed by atoms with Crippen LogP contribution in [0.15, 0.2) is 164 Å². The van der Waals surface area contributed by atoms with Gasteiger partial charge in [-0.2, -0.15) is 0 Å². The van der Waals surface area contributed by atoms with Crippen molar-refractivity contribution >= 4 is 80.9 Å². The molecule has 0 spiro atoms. The van der Waals surface area contributed by atoms with Crippen molar-refractivity contribution in [1.29, 1.82) is 0 Å². The maximum atomic E-state index is 2.44. The third kappa shape index (κ3) is 4.00. The minimum atomic E-state index is 1.14. The molecule has 1 aromatic heterocycles. The zero-order valence-electron chi connectivity index (χ0n) is 23.9. The summed E-state index contributed by atoms with van der Waals surface area (Å²) in [5, 5.41) is 10.3. The summed E-state index contributed by atoms with van der Waals surface area (Å²) in [7, 11) is 0. The van der Waals surface area contributed by atoms with E-state index < -0.39 is 0 Å². The smallest absolute Gasteiger partial charge is 0.0640 e. The van der Waals surface area contributed by atoms with Crippen LogP contribution < -0.4 is 4.90 Å². The van der Waals surface area contributed by atoms with Crippen molar-refractivity contribution in [1.82, 2.24) is 0 Å². The van der Waals surface area contributed by atoms with E-state index in [1.807, 2.05) is 11.3 Å². The second-order valence-corrected chi connectivity index (χ2v) is 12.4. The summed E-state index contributed by atoms with van der Waals surface area (Å²) in [6, 6.07) is 59.7. The summed E-state index contributed by atoms with van der Waals surface area (Å²) in [5.41, 5.74) is 5.92. The molecule has 1 nitrogen and oxygen atoms in total. The zero-order valence-corrected chi connectivity index (χ0v) is 24.8. The first-order valence-corrected chi connectivity index (χ1v) is 15.8. The molecular weight excluding hydrogens is 551 g/mol. The van der Waals surface area contributed by atoms with Crippen LogP contribution in [0.25, 0.3) is 63.6 Å². The number of anilines is 3. The molecule has 2 heteroatoms. The lowest BCUT2D eigenvalue weighted by Gasteiger charge is -2.27. The quantitative estimate of drug-likeness (QED) is 0.188. The first-order valence-electron chi connectivity index (χ1n) is 15.0. The van der Waals surface area contributed by atoms with Crippen molar-refractivity contribution in [2.75, 3.05) is 4.90 Å². The van der Waals surface area contributed by atoms with Crippen molar-refractivity contribution in [2.45, 2.75) is 0 Å².